The lowest BCUT2D eigenvalue weighted by molar-refractivity contribution is 0.101. The number of ketones is 1. The van der Waals surface area contributed by atoms with Gasteiger partial charge in [0, 0.05) is 29.8 Å². The molecule has 0 saturated heterocycles. The average Bonchev–Trinajstić information content (AvgIpc) is 2.92. The van der Waals surface area contributed by atoms with E-state index in [1.165, 1.54) is 6.20 Å². The molecule has 4 aromatic rings. The zero-order chi connectivity index (χ0) is 25.5. The second-order valence-corrected chi connectivity index (χ2v) is 7.84. The first-order chi connectivity index (χ1) is 17.5. The summed E-state index contributed by atoms with van der Waals surface area (Å²) < 4.78 is 5.19. The smallest absolute Gasteiger partial charge is 0.278 e. The first-order valence-electron chi connectivity index (χ1n) is 11.3. The van der Waals surface area contributed by atoms with Crippen molar-refractivity contribution >= 4 is 28.9 Å². The van der Waals surface area contributed by atoms with E-state index in [1.807, 2.05) is 18.2 Å². The van der Waals surface area contributed by atoms with Crippen LogP contribution in [0.1, 0.15) is 26.4 Å². The quantitative estimate of drug-likeness (QED) is 0.265. The molecule has 0 saturated carbocycles. The molecule has 0 bridgehead atoms. The molecular formula is C27H26N6O3. The number of nitrogens with two attached hydrogens (primary N) is 2. The van der Waals surface area contributed by atoms with Crippen LogP contribution in [0.3, 0.4) is 0 Å². The number of amides is 1. The van der Waals surface area contributed by atoms with Crippen molar-refractivity contribution in [2.24, 2.45) is 5.73 Å². The Morgan fingerprint density at radius 3 is 2.39 bits per heavy atom. The van der Waals surface area contributed by atoms with E-state index in [9.17, 15) is 9.59 Å². The van der Waals surface area contributed by atoms with Crippen LogP contribution in [-0.2, 0) is 0 Å². The second-order valence-electron chi connectivity index (χ2n) is 7.84. The predicted molar refractivity (Wildman–Crippen MR) is 140 cm³/mol. The first-order valence-corrected chi connectivity index (χ1v) is 11.3. The van der Waals surface area contributed by atoms with Crippen LogP contribution in [0.4, 0.5) is 17.2 Å². The predicted octanol–water partition coefficient (Wildman–Crippen LogP) is 3.59. The number of carbonyl (C=O) groups is 2. The van der Waals surface area contributed by atoms with Crippen molar-refractivity contribution in [3.05, 3.63) is 95.8 Å². The highest BCUT2D eigenvalue weighted by Crippen LogP contribution is 2.27. The fourth-order valence-electron chi connectivity index (χ4n) is 3.55. The van der Waals surface area contributed by atoms with Gasteiger partial charge in [-0.2, -0.15) is 0 Å². The maximum atomic E-state index is 13.2. The van der Waals surface area contributed by atoms with E-state index in [1.54, 1.807) is 61.7 Å². The Bertz CT molecular complexity index is 1370. The molecule has 0 radical (unpaired) electrons. The molecule has 1 amide bonds. The van der Waals surface area contributed by atoms with Gasteiger partial charge in [0.25, 0.3) is 5.91 Å². The number of ether oxygens (including phenoxy) is 1. The van der Waals surface area contributed by atoms with E-state index in [-0.39, 0.29) is 17.3 Å². The van der Waals surface area contributed by atoms with Crippen molar-refractivity contribution in [3.63, 3.8) is 0 Å². The topological polar surface area (TPSA) is 145 Å². The lowest BCUT2D eigenvalue weighted by atomic mass is 10.0. The van der Waals surface area contributed by atoms with Crippen molar-refractivity contribution in [2.75, 3.05) is 36.6 Å². The summed E-state index contributed by atoms with van der Waals surface area (Å²) in [5, 5.41) is 5.98. The summed E-state index contributed by atoms with van der Waals surface area (Å²) in [6, 6.07) is 21.2. The third-order valence-corrected chi connectivity index (χ3v) is 5.43. The van der Waals surface area contributed by atoms with Crippen LogP contribution in [0.2, 0.25) is 0 Å². The first kappa shape index (κ1) is 24.4. The molecule has 0 fully saturated rings. The van der Waals surface area contributed by atoms with Gasteiger partial charge in [0.15, 0.2) is 17.3 Å². The number of nitrogen functional groups attached to an aromatic ring is 1. The largest absolute Gasteiger partial charge is 0.497 e. The van der Waals surface area contributed by atoms with Gasteiger partial charge in [-0.3, -0.25) is 9.59 Å². The molecule has 0 aliphatic heterocycles. The number of rotatable bonds is 9. The van der Waals surface area contributed by atoms with Crippen LogP contribution in [0.15, 0.2) is 79.0 Å². The molecule has 0 aliphatic rings. The van der Waals surface area contributed by atoms with Gasteiger partial charge in [-0.15, -0.1) is 0 Å². The van der Waals surface area contributed by atoms with Gasteiger partial charge in [0.05, 0.1) is 30.4 Å². The van der Waals surface area contributed by atoms with Crippen molar-refractivity contribution in [1.29, 1.82) is 0 Å². The minimum Gasteiger partial charge on any atom is -0.497 e. The van der Waals surface area contributed by atoms with Crippen LogP contribution >= 0.6 is 0 Å². The van der Waals surface area contributed by atoms with Gasteiger partial charge >= 0.3 is 0 Å². The zero-order valence-corrected chi connectivity index (χ0v) is 19.7. The molecule has 0 atom stereocenters. The Morgan fingerprint density at radius 2 is 1.69 bits per heavy atom. The average molecular weight is 483 g/mol. The van der Waals surface area contributed by atoms with Crippen LogP contribution in [-0.4, -0.2) is 41.9 Å². The summed E-state index contributed by atoms with van der Waals surface area (Å²) >= 11 is 0. The monoisotopic (exact) mass is 482 g/mol. The van der Waals surface area contributed by atoms with Gasteiger partial charge < -0.3 is 26.8 Å². The maximum absolute atomic E-state index is 13.2. The van der Waals surface area contributed by atoms with Crippen molar-refractivity contribution < 1.29 is 14.3 Å². The van der Waals surface area contributed by atoms with Crippen molar-refractivity contribution in [3.8, 4) is 17.0 Å². The second kappa shape index (κ2) is 11.1. The molecule has 6 N–H and O–H groups in total. The third-order valence-electron chi connectivity index (χ3n) is 5.43. The Hall–Kier alpha value is -4.76. The van der Waals surface area contributed by atoms with Gasteiger partial charge in [-0.1, -0.05) is 30.3 Å². The number of nitrogens with zero attached hydrogens (tertiary/aromatic N) is 2. The standard InChI is InChI=1S/C27H26N6O3/c1-36-20-10-7-17(8-11-20)23-16-31-26(29)24(32-23)27(35)33-22-15-19(9-12-21(22)30-14-13-28)25(34)18-5-3-2-4-6-18/h2-12,15-16,30H,13-14,28H2,1H3,(H2,29,31)(H,33,35). The highest BCUT2D eigenvalue weighted by molar-refractivity contribution is 6.12. The Morgan fingerprint density at radius 1 is 0.944 bits per heavy atom. The van der Waals surface area contributed by atoms with Crippen LogP contribution in [0.25, 0.3) is 11.3 Å². The van der Waals surface area contributed by atoms with Gasteiger partial charge in [0.1, 0.15) is 5.75 Å². The highest BCUT2D eigenvalue weighted by atomic mass is 16.5. The molecule has 0 unspecified atom stereocenters. The van der Waals surface area contributed by atoms with Crippen molar-refractivity contribution in [2.45, 2.75) is 0 Å². The van der Waals surface area contributed by atoms with E-state index in [0.717, 1.165) is 5.56 Å². The number of hydrogen-bond acceptors (Lipinski definition) is 8. The summed E-state index contributed by atoms with van der Waals surface area (Å²) in [6.07, 6.45) is 1.50. The van der Waals surface area contributed by atoms with E-state index in [4.69, 9.17) is 16.2 Å². The molecule has 1 aromatic heterocycles. The Balaban J connectivity index is 1.65. The molecule has 0 spiro atoms. The molecule has 182 valence electrons. The van der Waals surface area contributed by atoms with E-state index >= 15 is 0 Å². The van der Waals surface area contributed by atoms with Gasteiger partial charge in [-0.05, 0) is 42.5 Å². The molecular weight excluding hydrogens is 456 g/mol. The number of nitrogens with one attached hydrogen (secondary N) is 2. The minimum atomic E-state index is -0.560. The number of aromatic nitrogens is 2. The number of carbonyl (C=O) groups excluding carboxylic acids is 2. The molecule has 0 aliphatic carbocycles. The number of methoxy groups -OCH3 is 1. The summed E-state index contributed by atoms with van der Waals surface area (Å²) in [6.45, 7) is 0.865. The molecule has 3 aromatic carbocycles. The number of anilines is 3. The SMILES string of the molecule is COc1ccc(-c2cnc(N)c(C(=O)Nc3cc(C(=O)c4ccccc4)ccc3NCCN)n2)cc1. The summed E-state index contributed by atoms with van der Waals surface area (Å²) in [4.78, 5) is 34.8. The molecule has 36 heavy (non-hydrogen) atoms. The fraction of sp³-hybridized carbons (Fsp3) is 0.111. The van der Waals surface area contributed by atoms with Gasteiger partial charge in [-0.25, -0.2) is 9.97 Å². The van der Waals surface area contributed by atoms with Crippen molar-refractivity contribution in [1.82, 2.24) is 9.97 Å². The fourth-order valence-corrected chi connectivity index (χ4v) is 3.55. The lowest BCUT2D eigenvalue weighted by Crippen LogP contribution is -2.20. The van der Waals surface area contributed by atoms with Crippen LogP contribution in [0.5, 0.6) is 5.75 Å². The highest BCUT2D eigenvalue weighted by Gasteiger charge is 2.18. The van der Waals surface area contributed by atoms with Gasteiger partial charge in [0.2, 0.25) is 0 Å². The summed E-state index contributed by atoms with van der Waals surface area (Å²) in [5.74, 6) is -0.0481. The molecule has 9 nitrogen and oxygen atoms in total. The third kappa shape index (κ3) is 5.48. The maximum Gasteiger partial charge on any atom is 0.278 e. The number of hydrogen-bond donors (Lipinski definition) is 4. The molecule has 4 rings (SSSR count). The van der Waals surface area contributed by atoms with E-state index < -0.39 is 5.91 Å². The van der Waals surface area contributed by atoms with E-state index in [0.29, 0.717) is 47.0 Å². The van der Waals surface area contributed by atoms with E-state index in [2.05, 4.69) is 20.6 Å². The lowest BCUT2D eigenvalue weighted by Gasteiger charge is -2.15. The molecule has 1 heterocycles. The van der Waals surface area contributed by atoms with Crippen LogP contribution in [0, 0.1) is 0 Å². The Labute approximate surface area is 208 Å². The zero-order valence-electron chi connectivity index (χ0n) is 19.7. The summed E-state index contributed by atoms with van der Waals surface area (Å²) in [7, 11) is 1.58. The normalized spacial score (nSPS) is 10.5. The molecule has 9 heteroatoms. The number of benzene rings is 3. The summed E-state index contributed by atoms with van der Waals surface area (Å²) in [5.41, 5.74) is 14.8. The minimum absolute atomic E-state index is 0.0160. The van der Waals surface area contributed by atoms with Crippen LogP contribution < -0.4 is 26.8 Å². The Kier molecular flexibility index (Phi) is 7.52.